The highest BCUT2D eigenvalue weighted by Crippen LogP contribution is 2.37. The Morgan fingerprint density at radius 2 is 1.74 bits per heavy atom. The van der Waals surface area contributed by atoms with Crippen molar-refractivity contribution in [1.82, 2.24) is 0 Å². The lowest BCUT2D eigenvalue weighted by Gasteiger charge is -2.05. The molecule has 19 heavy (non-hydrogen) atoms. The zero-order valence-corrected chi connectivity index (χ0v) is 10.8. The topological polar surface area (TPSA) is 43.1 Å². The van der Waals surface area contributed by atoms with Gasteiger partial charge in [-0.25, -0.2) is 8.78 Å². The average Bonchev–Trinajstić information content (AvgIpc) is 2.37. The molecule has 2 aromatic rings. The molecule has 0 saturated heterocycles. The lowest BCUT2D eigenvalue weighted by Crippen LogP contribution is -1.96. The molecule has 0 bridgehead atoms. The van der Waals surface area contributed by atoms with Crippen LogP contribution < -0.4 is 0 Å². The number of hydrogen-bond acceptors (Lipinski definition) is 3. The van der Waals surface area contributed by atoms with Crippen molar-refractivity contribution < 1.29 is 13.7 Å². The zero-order valence-electron chi connectivity index (χ0n) is 9.27. The summed E-state index contributed by atoms with van der Waals surface area (Å²) in [5, 5.41) is 11.3. The van der Waals surface area contributed by atoms with Gasteiger partial charge in [0.25, 0.3) is 5.69 Å². The molecular weight excluding hydrogens is 296 g/mol. The van der Waals surface area contributed by atoms with Crippen molar-refractivity contribution in [3.05, 3.63) is 63.2 Å². The molecule has 98 valence electrons. The summed E-state index contributed by atoms with van der Waals surface area (Å²) in [4.78, 5) is 10.2. The molecule has 0 aromatic heterocycles. The van der Waals surface area contributed by atoms with E-state index in [4.69, 9.17) is 11.6 Å². The van der Waals surface area contributed by atoms with Crippen LogP contribution in [0.5, 0.6) is 0 Å². The van der Waals surface area contributed by atoms with Gasteiger partial charge in [-0.1, -0.05) is 23.4 Å². The molecule has 0 aliphatic rings. The van der Waals surface area contributed by atoms with Crippen LogP contribution in [0.1, 0.15) is 0 Å². The molecule has 0 fully saturated rings. The van der Waals surface area contributed by atoms with Gasteiger partial charge in [0.05, 0.1) is 4.92 Å². The fourth-order valence-electron chi connectivity index (χ4n) is 1.38. The highest BCUT2D eigenvalue weighted by atomic mass is 35.5. The second-order valence-corrected chi connectivity index (χ2v) is 5.04. The summed E-state index contributed by atoms with van der Waals surface area (Å²) in [7, 11) is 0. The summed E-state index contributed by atoms with van der Waals surface area (Å²) in [6.45, 7) is 0. The predicted molar refractivity (Wildman–Crippen MR) is 68.6 cm³/mol. The minimum Gasteiger partial charge on any atom is -0.258 e. The van der Waals surface area contributed by atoms with Crippen LogP contribution >= 0.6 is 23.4 Å². The van der Waals surface area contributed by atoms with Gasteiger partial charge in [0, 0.05) is 16.0 Å². The van der Waals surface area contributed by atoms with Gasteiger partial charge in [-0.05, 0) is 30.3 Å². The van der Waals surface area contributed by atoms with E-state index >= 15 is 0 Å². The van der Waals surface area contributed by atoms with E-state index in [-0.39, 0.29) is 4.90 Å². The second kappa shape index (κ2) is 5.54. The van der Waals surface area contributed by atoms with Gasteiger partial charge in [0.2, 0.25) is 0 Å². The van der Waals surface area contributed by atoms with Crippen molar-refractivity contribution >= 4 is 29.1 Å². The number of nitro benzene ring substituents is 1. The Bertz CT molecular complexity index is 634. The molecule has 0 N–H and O–H groups in total. The SMILES string of the molecule is O=[N+]([O-])c1ccc(F)c(F)c1Sc1ccc(Cl)cc1. The molecule has 3 nitrogen and oxygen atoms in total. The summed E-state index contributed by atoms with van der Waals surface area (Å²) in [6.07, 6.45) is 0. The fraction of sp³-hybridized carbons (Fsp3) is 0. The minimum absolute atomic E-state index is 0.354. The number of nitrogens with zero attached hydrogens (tertiary/aromatic N) is 1. The van der Waals surface area contributed by atoms with E-state index in [2.05, 4.69) is 0 Å². The van der Waals surface area contributed by atoms with Crippen molar-refractivity contribution in [1.29, 1.82) is 0 Å². The number of benzene rings is 2. The van der Waals surface area contributed by atoms with Gasteiger partial charge in [-0.3, -0.25) is 10.1 Å². The summed E-state index contributed by atoms with van der Waals surface area (Å²) in [6, 6.07) is 7.94. The molecule has 0 amide bonds. The highest BCUT2D eigenvalue weighted by Gasteiger charge is 2.22. The van der Waals surface area contributed by atoms with Crippen molar-refractivity contribution in [3.63, 3.8) is 0 Å². The first-order chi connectivity index (χ1) is 8.99. The van der Waals surface area contributed by atoms with Crippen molar-refractivity contribution in [2.24, 2.45) is 0 Å². The summed E-state index contributed by atoms with van der Waals surface area (Å²) in [5.41, 5.74) is -0.473. The van der Waals surface area contributed by atoms with Gasteiger partial charge >= 0.3 is 0 Å². The van der Waals surface area contributed by atoms with Gasteiger partial charge < -0.3 is 0 Å². The zero-order chi connectivity index (χ0) is 14.0. The molecule has 0 atom stereocenters. The third kappa shape index (κ3) is 3.02. The van der Waals surface area contributed by atoms with Crippen molar-refractivity contribution in [2.45, 2.75) is 9.79 Å². The number of rotatable bonds is 3. The van der Waals surface area contributed by atoms with Crippen molar-refractivity contribution in [3.8, 4) is 0 Å². The van der Waals surface area contributed by atoms with Crippen LogP contribution in [0, 0.1) is 21.7 Å². The monoisotopic (exact) mass is 301 g/mol. The second-order valence-electron chi connectivity index (χ2n) is 3.52. The van der Waals surface area contributed by atoms with Crippen LogP contribution in [0.15, 0.2) is 46.2 Å². The van der Waals surface area contributed by atoms with Crippen molar-refractivity contribution in [2.75, 3.05) is 0 Å². The minimum atomic E-state index is -1.23. The van der Waals surface area contributed by atoms with Crippen LogP contribution in [0.25, 0.3) is 0 Å². The van der Waals surface area contributed by atoms with Crippen LogP contribution in [0.3, 0.4) is 0 Å². The Morgan fingerprint density at radius 3 is 2.32 bits per heavy atom. The summed E-state index contributed by atoms with van der Waals surface area (Å²) in [5.74, 6) is -2.35. The maximum atomic E-state index is 13.7. The van der Waals surface area contributed by atoms with Crippen LogP contribution in [-0.4, -0.2) is 4.92 Å². The summed E-state index contributed by atoms with van der Waals surface area (Å²) < 4.78 is 26.8. The number of nitro groups is 1. The molecule has 2 aromatic carbocycles. The molecule has 7 heteroatoms. The third-order valence-electron chi connectivity index (χ3n) is 2.26. The van der Waals surface area contributed by atoms with Gasteiger partial charge in [-0.15, -0.1) is 0 Å². The summed E-state index contributed by atoms with van der Waals surface area (Å²) >= 11 is 6.48. The van der Waals surface area contributed by atoms with Gasteiger partial charge in [0.15, 0.2) is 11.6 Å². The van der Waals surface area contributed by atoms with E-state index in [1.54, 1.807) is 24.3 Å². The molecule has 0 saturated carbocycles. The first kappa shape index (κ1) is 13.8. The first-order valence-electron chi connectivity index (χ1n) is 5.05. The Labute approximate surface area is 116 Å². The van der Waals surface area contributed by atoms with E-state index in [0.717, 1.165) is 23.9 Å². The largest absolute Gasteiger partial charge is 0.286 e. The fourth-order valence-corrected chi connectivity index (χ4v) is 2.45. The van der Waals surface area contributed by atoms with Crippen LogP contribution in [0.2, 0.25) is 5.02 Å². The lowest BCUT2D eigenvalue weighted by atomic mass is 10.3. The lowest BCUT2D eigenvalue weighted by molar-refractivity contribution is -0.388. The van der Waals surface area contributed by atoms with E-state index in [1.165, 1.54) is 0 Å². The van der Waals surface area contributed by atoms with Gasteiger partial charge in [-0.2, -0.15) is 0 Å². The molecule has 2 rings (SSSR count). The van der Waals surface area contributed by atoms with Gasteiger partial charge in [0.1, 0.15) is 4.90 Å². The molecule has 0 unspecified atom stereocenters. The van der Waals surface area contributed by atoms with E-state index in [9.17, 15) is 18.9 Å². The molecule has 0 aliphatic carbocycles. The average molecular weight is 302 g/mol. The molecular formula is C12H6ClF2NO2S. The molecule has 0 spiro atoms. The Balaban J connectivity index is 2.46. The molecule has 0 radical (unpaired) electrons. The standard InChI is InChI=1S/C12H6ClF2NO2S/c13-7-1-3-8(4-2-7)19-12-10(16(17)18)6-5-9(14)11(12)15/h1-6H. The maximum Gasteiger partial charge on any atom is 0.286 e. The Hall–Kier alpha value is -1.66. The highest BCUT2D eigenvalue weighted by molar-refractivity contribution is 7.99. The van der Waals surface area contributed by atoms with E-state index < -0.39 is 22.2 Å². The normalized spacial score (nSPS) is 10.5. The van der Waals surface area contributed by atoms with E-state index in [1.807, 2.05) is 0 Å². The third-order valence-corrected chi connectivity index (χ3v) is 3.61. The Morgan fingerprint density at radius 1 is 1.11 bits per heavy atom. The smallest absolute Gasteiger partial charge is 0.258 e. The predicted octanol–water partition coefficient (Wildman–Crippen LogP) is 4.68. The maximum absolute atomic E-state index is 13.7. The molecule has 0 heterocycles. The Kier molecular flexibility index (Phi) is 4.01. The molecule has 0 aliphatic heterocycles. The number of hydrogen-bond donors (Lipinski definition) is 0. The number of halogens is 3. The first-order valence-corrected chi connectivity index (χ1v) is 6.24. The van der Waals surface area contributed by atoms with E-state index in [0.29, 0.717) is 9.92 Å². The quantitative estimate of drug-likeness (QED) is 0.611. The van der Waals surface area contributed by atoms with Crippen LogP contribution in [0.4, 0.5) is 14.5 Å². The van der Waals surface area contributed by atoms with Crippen LogP contribution in [-0.2, 0) is 0 Å².